The van der Waals surface area contributed by atoms with Gasteiger partial charge in [-0.25, -0.2) is 4.98 Å². The van der Waals surface area contributed by atoms with Gasteiger partial charge < -0.3 is 5.32 Å². The minimum Gasteiger partial charge on any atom is -0.379 e. The van der Waals surface area contributed by atoms with Crippen LogP contribution in [0.5, 0.6) is 0 Å². The molecule has 4 nitrogen and oxygen atoms in total. The Bertz CT molecular complexity index is 636. The fraction of sp³-hybridized carbons (Fsp3) is 0.375. The van der Waals surface area contributed by atoms with Gasteiger partial charge in [-0.2, -0.15) is 0 Å². The standard InChI is InChI=1S/C16H21N3OS/c1-5-19(13(4)20)16-18-14(10-21-16)9-17-15-8-6-7-11(2)12(15)3/h6-8,10,17H,5,9H2,1-4H3. The summed E-state index contributed by atoms with van der Waals surface area (Å²) < 4.78 is 0. The highest BCUT2D eigenvalue weighted by atomic mass is 32.1. The maximum Gasteiger partial charge on any atom is 0.225 e. The number of hydrogen-bond acceptors (Lipinski definition) is 4. The molecule has 0 fully saturated rings. The molecule has 0 saturated heterocycles. The lowest BCUT2D eigenvalue weighted by molar-refractivity contribution is -0.116. The second kappa shape index (κ2) is 6.72. The van der Waals surface area contributed by atoms with Gasteiger partial charge in [-0.15, -0.1) is 11.3 Å². The Hall–Kier alpha value is -1.88. The predicted octanol–water partition coefficient (Wildman–Crippen LogP) is 3.74. The molecule has 1 aromatic heterocycles. The highest BCUT2D eigenvalue weighted by Gasteiger charge is 2.13. The Balaban J connectivity index is 2.06. The molecule has 0 radical (unpaired) electrons. The molecule has 1 N–H and O–H groups in total. The summed E-state index contributed by atoms with van der Waals surface area (Å²) >= 11 is 1.51. The monoisotopic (exact) mass is 303 g/mol. The largest absolute Gasteiger partial charge is 0.379 e. The van der Waals surface area contributed by atoms with Crippen molar-refractivity contribution in [3.05, 3.63) is 40.4 Å². The van der Waals surface area contributed by atoms with Crippen molar-refractivity contribution in [1.82, 2.24) is 4.98 Å². The van der Waals surface area contributed by atoms with Crippen molar-refractivity contribution in [2.75, 3.05) is 16.8 Å². The summed E-state index contributed by atoms with van der Waals surface area (Å²) in [6, 6.07) is 6.22. The summed E-state index contributed by atoms with van der Waals surface area (Å²) in [7, 11) is 0. The zero-order valence-corrected chi connectivity index (χ0v) is 13.8. The van der Waals surface area contributed by atoms with Crippen molar-refractivity contribution in [2.24, 2.45) is 0 Å². The molecule has 5 heteroatoms. The first kappa shape index (κ1) is 15.5. The first-order chi connectivity index (χ1) is 10.0. The summed E-state index contributed by atoms with van der Waals surface area (Å²) in [6.45, 7) is 9.05. The van der Waals surface area contributed by atoms with Crippen LogP contribution in [0.15, 0.2) is 23.6 Å². The van der Waals surface area contributed by atoms with E-state index in [0.717, 1.165) is 16.5 Å². The van der Waals surface area contributed by atoms with Crippen LogP contribution in [0.2, 0.25) is 0 Å². The minimum atomic E-state index is 0.0286. The van der Waals surface area contributed by atoms with Gasteiger partial charge in [0, 0.05) is 24.5 Å². The zero-order chi connectivity index (χ0) is 15.4. The summed E-state index contributed by atoms with van der Waals surface area (Å²) in [5.74, 6) is 0.0286. The molecule has 21 heavy (non-hydrogen) atoms. The third-order valence-electron chi connectivity index (χ3n) is 3.53. The lowest BCUT2D eigenvalue weighted by Gasteiger charge is -2.14. The number of nitrogens with zero attached hydrogens (tertiary/aromatic N) is 2. The van der Waals surface area contributed by atoms with Gasteiger partial charge in [-0.05, 0) is 38.0 Å². The van der Waals surface area contributed by atoms with E-state index in [4.69, 9.17) is 0 Å². The number of amides is 1. The number of thiazole rings is 1. The second-order valence-electron chi connectivity index (χ2n) is 4.99. The molecule has 0 bridgehead atoms. The van der Waals surface area contributed by atoms with Gasteiger partial charge in [-0.3, -0.25) is 9.69 Å². The number of nitrogens with one attached hydrogen (secondary N) is 1. The van der Waals surface area contributed by atoms with Crippen molar-refractivity contribution < 1.29 is 4.79 Å². The van der Waals surface area contributed by atoms with Crippen molar-refractivity contribution in [3.8, 4) is 0 Å². The molecule has 1 aromatic carbocycles. The molecule has 0 aliphatic carbocycles. The molecule has 0 spiro atoms. The van der Waals surface area contributed by atoms with Crippen molar-refractivity contribution in [3.63, 3.8) is 0 Å². The number of hydrogen-bond donors (Lipinski definition) is 1. The van der Waals surface area contributed by atoms with Gasteiger partial charge in [0.15, 0.2) is 5.13 Å². The fourth-order valence-electron chi connectivity index (χ4n) is 2.12. The number of rotatable bonds is 5. The number of carbonyl (C=O) groups excluding carboxylic acids is 1. The van der Waals surface area contributed by atoms with Gasteiger partial charge in [0.25, 0.3) is 0 Å². The van der Waals surface area contributed by atoms with Crippen LogP contribution in [0.4, 0.5) is 10.8 Å². The maximum atomic E-state index is 11.5. The van der Waals surface area contributed by atoms with Crippen LogP contribution in [0.25, 0.3) is 0 Å². The van der Waals surface area contributed by atoms with E-state index in [1.165, 1.54) is 22.5 Å². The van der Waals surface area contributed by atoms with Crippen molar-refractivity contribution in [2.45, 2.75) is 34.2 Å². The van der Waals surface area contributed by atoms with Crippen LogP contribution in [0.1, 0.15) is 30.7 Å². The van der Waals surface area contributed by atoms with Crippen LogP contribution in [-0.4, -0.2) is 17.4 Å². The Labute approximate surface area is 129 Å². The van der Waals surface area contributed by atoms with Crippen LogP contribution in [0.3, 0.4) is 0 Å². The van der Waals surface area contributed by atoms with Crippen LogP contribution < -0.4 is 10.2 Å². The second-order valence-corrected chi connectivity index (χ2v) is 5.82. The normalized spacial score (nSPS) is 10.5. The summed E-state index contributed by atoms with van der Waals surface area (Å²) in [4.78, 5) is 17.7. The molecule has 1 amide bonds. The number of carbonyl (C=O) groups is 1. The highest BCUT2D eigenvalue weighted by Crippen LogP contribution is 2.22. The molecule has 0 saturated carbocycles. The quantitative estimate of drug-likeness (QED) is 0.915. The summed E-state index contributed by atoms with van der Waals surface area (Å²) in [6.07, 6.45) is 0. The van der Waals surface area contributed by atoms with Crippen LogP contribution in [-0.2, 0) is 11.3 Å². The summed E-state index contributed by atoms with van der Waals surface area (Å²) in [5, 5.41) is 6.18. The van der Waals surface area contributed by atoms with Gasteiger partial charge in [-0.1, -0.05) is 12.1 Å². The average Bonchev–Trinajstić information content (AvgIpc) is 2.89. The zero-order valence-electron chi connectivity index (χ0n) is 12.9. The van der Waals surface area contributed by atoms with Crippen LogP contribution in [0, 0.1) is 13.8 Å². The molecule has 0 aliphatic rings. The van der Waals surface area contributed by atoms with E-state index in [2.05, 4.69) is 36.3 Å². The van der Waals surface area contributed by atoms with E-state index in [1.54, 1.807) is 11.8 Å². The van der Waals surface area contributed by atoms with Crippen LogP contribution >= 0.6 is 11.3 Å². The molecular weight excluding hydrogens is 282 g/mol. The Morgan fingerprint density at radius 2 is 2.14 bits per heavy atom. The number of aryl methyl sites for hydroxylation is 1. The van der Waals surface area contributed by atoms with Gasteiger partial charge in [0.1, 0.15) is 0 Å². The number of benzene rings is 1. The molecule has 0 aliphatic heterocycles. The van der Waals surface area contributed by atoms with E-state index in [-0.39, 0.29) is 5.91 Å². The van der Waals surface area contributed by atoms with Crippen molar-refractivity contribution >= 4 is 28.1 Å². The van der Waals surface area contributed by atoms with E-state index in [9.17, 15) is 4.79 Å². The third kappa shape index (κ3) is 3.61. The molecule has 0 unspecified atom stereocenters. The third-order valence-corrected chi connectivity index (χ3v) is 4.44. The molecule has 2 rings (SSSR count). The van der Waals surface area contributed by atoms with E-state index in [1.807, 2.05) is 18.4 Å². The number of anilines is 2. The first-order valence-corrected chi connectivity index (χ1v) is 7.93. The van der Waals surface area contributed by atoms with E-state index >= 15 is 0 Å². The first-order valence-electron chi connectivity index (χ1n) is 7.05. The smallest absolute Gasteiger partial charge is 0.225 e. The average molecular weight is 303 g/mol. The molecular formula is C16H21N3OS. The Morgan fingerprint density at radius 3 is 2.81 bits per heavy atom. The van der Waals surface area contributed by atoms with Gasteiger partial charge >= 0.3 is 0 Å². The predicted molar refractivity (Wildman–Crippen MR) is 89.1 cm³/mol. The molecule has 2 aromatic rings. The highest BCUT2D eigenvalue weighted by molar-refractivity contribution is 7.14. The maximum absolute atomic E-state index is 11.5. The minimum absolute atomic E-state index is 0.0286. The van der Waals surface area contributed by atoms with Gasteiger partial charge in [0.2, 0.25) is 5.91 Å². The lowest BCUT2D eigenvalue weighted by atomic mass is 10.1. The fourth-order valence-corrected chi connectivity index (χ4v) is 3.05. The Kier molecular flexibility index (Phi) is 4.96. The number of aromatic nitrogens is 1. The van der Waals surface area contributed by atoms with Gasteiger partial charge in [0.05, 0.1) is 12.2 Å². The lowest BCUT2D eigenvalue weighted by Crippen LogP contribution is -2.27. The topological polar surface area (TPSA) is 45.2 Å². The molecule has 1 heterocycles. The summed E-state index contributed by atoms with van der Waals surface area (Å²) in [5.41, 5.74) is 4.61. The van der Waals surface area contributed by atoms with E-state index in [0.29, 0.717) is 13.1 Å². The SMILES string of the molecule is CCN(C(C)=O)c1nc(CNc2cccc(C)c2C)cs1. The molecule has 0 atom stereocenters. The molecule has 112 valence electrons. The Morgan fingerprint density at radius 1 is 1.38 bits per heavy atom. The van der Waals surface area contributed by atoms with Crippen molar-refractivity contribution in [1.29, 1.82) is 0 Å². The van der Waals surface area contributed by atoms with E-state index < -0.39 is 0 Å².